The number of fused-ring (bicyclic) bond motifs is 1. The molecular weight excluding hydrogens is 287 g/mol. The Hall–Kier alpha value is -3.23. The van der Waals surface area contributed by atoms with Crippen LogP contribution in [0.5, 0.6) is 0 Å². The van der Waals surface area contributed by atoms with Crippen molar-refractivity contribution in [2.24, 2.45) is 7.05 Å². The van der Waals surface area contributed by atoms with Crippen molar-refractivity contribution in [3.8, 4) is 23.0 Å². The van der Waals surface area contributed by atoms with Crippen molar-refractivity contribution in [2.75, 3.05) is 0 Å². The summed E-state index contributed by atoms with van der Waals surface area (Å²) in [6.07, 6.45) is 4.55. The summed E-state index contributed by atoms with van der Waals surface area (Å²) in [5.74, 6) is 0.572. The van der Waals surface area contributed by atoms with Crippen LogP contribution in [0.2, 0.25) is 0 Å². The van der Waals surface area contributed by atoms with E-state index in [2.05, 4.69) is 30.5 Å². The van der Waals surface area contributed by atoms with E-state index in [1.165, 1.54) is 16.9 Å². The van der Waals surface area contributed by atoms with Gasteiger partial charge in [0.15, 0.2) is 5.82 Å². The van der Waals surface area contributed by atoms with Gasteiger partial charge in [0.2, 0.25) is 5.82 Å². The van der Waals surface area contributed by atoms with E-state index in [1.54, 1.807) is 36.0 Å². The molecule has 108 valence electrons. The number of halogens is 1. The van der Waals surface area contributed by atoms with Gasteiger partial charge in [0, 0.05) is 19.4 Å². The van der Waals surface area contributed by atoms with Crippen molar-refractivity contribution in [3.63, 3.8) is 0 Å². The third-order valence-electron chi connectivity index (χ3n) is 3.20. The lowest BCUT2D eigenvalue weighted by molar-refractivity contribution is 0.619. The number of tetrazole rings is 1. The van der Waals surface area contributed by atoms with Gasteiger partial charge in [-0.05, 0) is 28.6 Å². The first-order chi connectivity index (χ1) is 10.7. The molecule has 0 radical (unpaired) electrons. The molecule has 22 heavy (non-hydrogen) atoms. The van der Waals surface area contributed by atoms with Gasteiger partial charge in [-0.3, -0.25) is 4.40 Å². The van der Waals surface area contributed by atoms with Gasteiger partial charge in [0.25, 0.3) is 0 Å². The maximum Gasteiger partial charge on any atom is 0.200 e. The zero-order valence-electron chi connectivity index (χ0n) is 11.4. The topological polar surface area (TPSA) is 86.7 Å². The van der Waals surface area contributed by atoms with Crippen LogP contribution in [-0.2, 0) is 7.05 Å². The summed E-state index contributed by atoms with van der Waals surface area (Å²) in [4.78, 5) is 12.9. The van der Waals surface area contributed by atoms with Crippen LogP contribution in [0, 0.1) is 5.82 Å². The van der Waals surface area contributed by atoms with Gasteiger partial charge in [0.1, 0.15) is 22.9 Å². The lowest BCUT2D eigenvalue weighted by Crippen LogP contribution is -2.00. The van der Waals surface area contributed by atoms with Gasteiger partial charge in [0.05, 0.1) is 6.20 Å². The number of hydrogen-bond donors (Lipinski definition) is 0. The Morgan fingerprint density at radius 3 is 2.86 bits per heavy atom. The highest BCUT2D eigenvalue weighted by molar-refractivity contribution is 5.59. The Balaban J connectivity index is 1.89. The molecule has 4 rings (SSSR count). The second kappa shape index (κ2) is 4.65. The van der Waals surface area contributed by atoms with Crippen LogP contribution < -0.4 is 0 Å². The fourth-order valence-corrected chi connectivity index (χ4v) is 2.17. The minimum atomic E-state index is -0.361. The van der Waals surface area contributed by atoms with Crippen LogP contribution >= 0.6 is 0 Å². The zero-order valence-corrected chi connectivity index (χ0v) is 11.4. The summed E-state index contributed by atoms with van der Waals surface area (Å²) in [6, 6.07) is 4.66. The maximum absolute atomic E-state index is 13.4. The smallest absolute Gasteiger partial charge is 0.200 e. The quantitative estimate of drug-likeness (QED) is 0.551. The molecule has 0 spiro atoms. The molecule has 0 saturated heterocycles. The molecule has 0 N–H and O–H groups in total. The van der Waals surface area contributed by atoms with Gasteiger partial charge in [-0.2, -0.15) is 0 Å². The first kappa shape index (κ1) is 12.5. The van der Waals surface area contributed by atoms with Crippen molar-refractivity contribution >= 4 is 5.65 Å². The summed E-state index contributed by atoms with van der Waals surface area (Å²) in [7, 11) is 1.72. The first-order valence-electron chi connectivity index (χ1n) is 6.41. The Labute approximate surface area is 123 Å². The number of nitrogens with zero attached hydrogens (tertiary/aromatic N) is 8. The molecule has 0 atom stereocenters. The summed E-state index contributed by atoms with van der Waals surface area (Å²) in [5.41, 5.74) is 1.78. The van der Waals surface area contributed by atoms with E-state index < -0.39 is 0 Å². The van der Waals surface area contributed by atoms with Crippen molar-refractivity contribution in [2.45, 2.75) is 0 Å². The summed E-state index contributed by atoms with van der Waals surface area (Å²) in [6.45, 7) is 0. The monoisotopic (exact) mass is 296 g/mol. The lowest BCUT2D eigenvalue weighted by atomic mass is 10.3. The normalized spacial score (nSPS) is 11.2. The predicted molar refractivity (Wildman–Crippen MR) is 74.0 cm³/mol. The number of aromatic nitrogens is 8. The highest BCUT2D eigenvalue weighted by atomic mass is 19.1. The molecule has 4 aromatic rings. The zero-order chi connectivity index (χ0) is 15.1. The molecule has 0 aliphatic carbocycles. The minimum Gasteiger partial charge on any atom is -0.294 e. The second-order valence-electron chi connectivity index (χ2n) is 4.61. The number of aryl methyl sites for hydroxylation is 1. The average Bonchev–Trinajstić information content (AvgIpc) is 3.13. The van der Waals surface area contributed by atoms with Crippen LogP contribution in [0.15, 0.2) is 36.8 Å². The van der Waals surface area contributed by atoms with Crippen LogP contribution in [-0.4, -0.2) is 39.6 Å². The Bertz CT molecular complexity index is 973. The van der Waals surface area contributed by atoms with E-state index in [4.69, 9.17) is 0 Å². The highest BCUT2D eigenvalue weighted by Crippen LogP contribution is 2.20. The Kier molecular flexibility index (Phi) is 2.65. The molecule has 0 saturated carbocycles. The molecule has 0 unspecified atom stereocenters. The standard InChI is InChI=1S/C13H9FN8/c1-21-13(18-19-20-21)9-4-5-15-12(17-9)10-6-16-11-3-2-8(14)7-22(10)11/h2-7H,1H3. The molecular formula is C13H9FN8. The van der Waals surface area contributed by atoms with Crippen LogP contribution in [0.1, 0.15) is 0 Å². The molecule has 4 heterocycles. The van der Waals surface area contributed by atoms with Crippen LogP contribution in [0.25, 0.3) is 28.7 Å². The molecule has 0 aromatic carbocycles. The molecule has 9 heteroatoms. The third-order valence-corrected chi connectivity index (χ3v) is 3.20. The SMILES string of the molecule is Cn1nnnc1-c1ccnc(-c2cnc3ccc(F)cn23)n1. The minimum absolute atomic E-state index is 0.361. The van der Waals surface area contributed by atoms with Crippen molar-refractivity contribution < 1.29 is 4.39 Å². The molecule has 0 fully saturated rings. The highest BCUT2D eigenvalue weighted by Gasteiger charge is 2.13. The van der Waals surface area contributed by atoms with E-state index in [0.717, 1.165) is 0 Å². The van der Waals surface area contributed by atoms with Gasteiger partial charge >= 0.3 is 0 Å². The predicted octanol–water partition coefficient (Wildman–Crippen LogP) is 1.12. The largest absolute Gasteiger partial charge is 0.294 e. The van der Waals surface area contributed by atoms with E-state index in [0.29, 0.717) is 28.7 Å². The molecule has 4 aromatic heterocycles. The summed E-state index contributed by atoms with van der Waals surface area (Å²) in [5, 5.41) is 11.3. The number of hydrogen-bond acceptors (Lipinski definition) is 6. The number of pyridine rings is 1. The van der Waals surface area contributed by atoms with E-state index in [9.17, 15) is 4.39 Å². The molecule has 8 nitrogen and oxygen atoms in total. The van der Waals surface area contributed by atoms with Crippen LogP contribution in [0.4, 0.5) is 4.39 Å². The van der Waals surface area contributed by atoms with E-state index >= 15 is 0 Å². The van der Waals surface area contributed by atoms with Crippen molar-refractivity contribution in [3.05, 3.63) is 42.6 Å². The van der Waals surface area contributed by atoms with E-state index in [1.807, 2.05) is 0 Å². The fraction of sp³-hybridized carbons (Fsp3) is 0.0769. The van der Waals surface area contributed by atoms with Gasteiger partial charge in [-0.25, -0.2) is 24.0 Å². The average molecular weight is 296 g/mol. The number of imidazole rings is 1. The van der Waals surface area contributed by atoms with E-state index in [-0.39, 0.29) is 5.82 Å². The maximum atomic E-state index is 13.4. The third kappa shape index (κ3) is 1.91. The number of rotatable bonds is 2. The molecule has 0 amide bonds. The first-order valence-corrected chi connectivity index (χ1v) is 6.41. The molecule has 0 bridgehead atoms. The van der Waals surface area contributed by atoms with Crippen molar-refractivity contribution in [1.29, 1.82) is 0 Å². The van der Waals surface area contributed by atoms with Gasteiger partial charge < -0.3 is 0 Å². The molecule has 0 aliphatic heterocycles. The fourth-order valence-electron chi connectivity index (χ4n) is 2.17. The molecule has 0 aliphatic rings. The summed E-state index contributed by atoms with van der Waals surface area (Å²) < 4.78 is 16.6. The van der Waals surface area contributed by atoms with Crippen LogP contribution in [0.3, 0.4) is 0 Å². The van der Waals surface area contributed by atoms with Gasteiger partial charge in [-0.15, -0.1) is 5.10 Å². The second-order valence-corrected chi connectivity index (χ2v) is 4.61. The summed E-state index contributed by atoms with van der Waals surface area (Å²) >= 11 is 0. The Morgan fingerprint density at radius 2 is 2.05 bits per heavy atom. The van der Waals surface area contributed by atoms with Gasteiger partial charge in [-0.1, -0.05) is 0 Å². The van der Waals surface area contributed by atoms with Crippen molar-refractivity contribution in [1.82, 2.24) is 39.6 Å². The Morgan fingerprint density at radius 1 is 1.14 bits per heavy atom. The lowest BCUT2D eigenvalue weighted by Gasteiger charge is -2.03.